The third-order valence-corrected chi connectivity index (χ3v) is 12.9. The van der Waals surface area contributed by atoms with Crippen LogP contribution in [0.4, 0.5) is 0 Å². The van der Waals surface area contributed by atoms with Crippen molar-refractivity contribution in [2.24, 2.45) is 0 Å². The Morgan fingerprint density at radius 1 is 0.818 bits per heavy atom. The van der Waals surface area contributed by atoms with Gasteiger partial charge in [0.05, 0.1) is 29.8 Å². The lowest BCUT2D eigenvalue weighted by Crippen LogP contribution is -2.47. The highest BCUT2D eigenvalue weighted by Crippen LogP contribution is 2.34. The zero-order valence-corrected chi connectivity index (χ0v) is 33.6. The Morgan fingerprint density at radius 2 is 1.62 bits per heavy atom. The third-order valence-electron chi connectivity index (χ3n) is 10.0. The summed E-state index contributed by atoms with van der Waals surface area (Å²) in [6.07, 6.45) is -0.128. The van der Waals surface area contributed by atoms with Crippen molar-refractivity contribution in [1.29, 1.82) is 0 Å². The molecule has 2 aliphatic rings. The van der Waals surface area contributed by atoms with Crippen LogP contribution in [0.2, 0.25) is 0 Å². The number of rotatable bonds is 10. The Bertz CT molecular complexity index is 2280. The number of amides is 1. The van der Waals surface area contributed by atoms with Gasteiger partial charge in [-0.2, -0.15) is 0 Å². The van der Waals surface area contributed by atoms with Crippen molar-refractivity contribution in [2.45, 2.75) is 52.0 Å². The van der Waals surface area contributed by atoms with Gasteiger partial charge in [0.1, 0.15) is 27.8 Å². The van der Waals surface area contributed by atoms with E-state index in [9.17, 15) is 9.59 Å². The van der Waals surface area contributed by atoms with E-state index in [1.807, 2.05) is 55.1 Å². The first-order valence-corrected chi connectivity index (χ1v) is 21.1. The fourth-order valence-electron chi connectivity index (χ4n) is 7.22. The first-order chi connectivity index (χ1) is 26.7. The summed E-state index contributed by atoms with van der Waals surface area (Å²) in [6, 6.07) is 32.1. The molecule has 3 aromatic carbocycles. The van der Waals surface area contributed by atoms with E-state index >= 15 is 0 Å². The number of hydrogen-bond donors (Lipinski definition) is 0. The van der Waals surface area contributed by atoms with Crippen LogP contribution >= 0.6 is 34.0 Å². The van der Waals surface area contributed by atoms with Crippen molar-refractivity contribution in [3.63, 3.8) is 0 Å². The number of nitrogens with zero attached hydrogens (tertiary/aromatic N) is 3. The summed E-state index contributed by atoms with van der Waals surface area (Å²) in [5.41, 5.74) is 6.44. The van der Waals surface area contributed by atoms with Crippen LogP contribution in [-0.2, 0) is 22.4 Å². The monoisotopic (exact) mass is 789 g/mol. The molecule has 0 N–H and O–H groups in total. The third kappa shape index (κ3) is 8.99. The summed E-state index contributed by atoms with van der Waals surface area (Å²) in [7, 11) is 0. The van der Waals surface area contributed by atoms with E-state index in [0.717, 1.165) is 62.3 Å². The highest BCUT2D eigenvalue weighted by atomic mass is 32.1. The molecule has 3 atom stereocenters. The van der Waals surface area contributed by atoms with Crippen molar-refractivity contribution >= 4 is 45.9 Å². The van der Waals surface area contributed by atoms with Gasteiger partial charge in [-0.25, -0.2) is 9.78 Å². The normalized spacial score (nSPS) is 19.0. The van der Waals surface area contributed by atoms with E-state index in [0.29, 0.717) is 41.6 Å². The van der Waals surface area contributed by atoms with Gasteiger partial charge < -0.3 is 19.1 Å². The van der Waals surface area contributed by atoms with E-state index in [1.54, 1.807) is 23.5 Å². The zero-order chi connectivity index (χ0) is 37.9. The van der Waals surface area contributed by atoms with E-state index in [-0.39, 0.29) is 24.1 Å². The Kier molecular flexibility index (Phi) is 11.4. The molecule has 1 amide bonds. The number of thiazole rings is 1. The molecule has 0 saturated carbocycles. The van der Waals surface area contributed by atoms with Gasteiger partial charge in [0.25, 0.3) is 5.91 Å². The van der Waals surface area contributed by atoms with Crippen molar-refractivity contribution < 1.29 is 23.8 Å². The second-order valence-electron chi connectivity index (χ2n) is 14.2. The number of thiophene rings is 2. The molecule has 2 aliphatic heterocycles. The fraction of sp³-hybridized carbons (Fsp3) is 0.295. The van der Waals surface area contributed by atoms with Crippen LogP contribution in [0, 0.1) is 20.8 Å². The zero-order valence-electron chi connectivity index (χ0n) is 31.1. The van der Waals surface area contributed by atoms with Crippen LogP contribution in [0.15, 0.2) is 102 Å². The molecule has 11 heteroatoms. The second kappa shape index (κ2) is 16.7. The Balaban J connectivity index is 0.999. The molecule has 0 bridgehead atoms. The highest BCUT2D eigenvalue weighted by molar-refractivity contribution is 7.14. The molecule has 2 saturated heterocycles. The van der Waals surface area contributed by atoms with E-state index in [1.165, 1.54) is 28.2 Å². The lowest BCUT2D eigenvalue weighted by Gasteiger charge is -2.38. The molecule has 282 valence electrons. The maximum absolute atomic E-state index is 13.9. The van der Waals surface area contributed by atoms with Gasteiger partial charge >= 0.3 is 5.97 Å². The number of hydrogen-bond acceptors (Lipinski definition) is 10. The Labute approximate surface area is 334 Å². The van der Waals surface area contributed by atoms with Crippen molar-refractivity contribution in [2.75, 3.05) is 32.8 Å². The molecule has 3 aromatic heterocycles. The van der Waals surface area contributed by atoms with E-state index in [2.05, 4.69) is 65.7 Å². The molecule has 8 nitrogen and oxygen atoms in total. The minimum absolute atomic E-state index is 0.00101. The summed E-state index contributed by atoms with van der Waals surface area (Å²) in [6.45, 7) is 10.2. The lowest BCUT2D eigenvalue weighted by atomic mass is 9.98. The van der Waals surface area contributed by atoms with Crippen LogP contribution in [0.1, 0.15) is 68.6 Å². The van der Waals surface area contributed by atoms with Crippen LogP contribution in [0.25, 0.3) is 11.3 Å². The average molecular weight is 790 g/mol. The van der Waals surface area contributed by atoms with Gasteiger partial charge in [-0.3, -0.25) is 9.69 Å². The number of carbonyl (C=O) groups excluding carboxylic acids is 2. The van der Waals surface area contributed by atoms with Crippen molar-refractivity contribution in [1.82, 2.24) is 14.8 Å². The number of aryl methyl sites for hydroxylation is 3. The van der Waals surface area contributed by atoms with Gasteiger partial charge in [-0.1, -0.05) is 54.6 Å². The summed E-state index contributed by atoms with van der Waals surface area (Å²) in [4.78, 5) is 39.6. The minimum Gasteiger partial charge on any atom is -0.422 e. The molecular formula is C44H43N3O5S3. The molecule has 0 spiro atoms. The number of carbonyl (C=O) groups is 2. The molecule has 2 fully saturated rings. The van der Waals surface area contributed by atoms with Gasteiger partial charge in [-0.15, -0.1) is 34.0 Å². The molecule has 0 radical (unpaired) electrons. The molecule has 6 aromatic rings. The number of esters is 1. The topological polar surface area (TPSA) is 81.2 Å². The quantitative estimate of drug-likeness (QED) is 0.101. The first-order valence-electron chi connectivity index (χ1n) is 18.6. The van der Waals surface area contributed by atoms with Crippen molar-refractivity contribution in [3.8, 4) is 17.0 Å². The second-order valence-corrected chi connectivity index (χ2v) is 17.7. The van der Waals surface area contributed by atoms with Gasteiger partial charge in [0.2, 0.25) is 0 Å². The Hall–Kier alpha value is -4.49. The largest absolute Gasteiger partial charge is 0.422 e. The minimum atomic E-state index is -0.408. The molecule has 55 heavy (non-hydrogen) atoms. The lowest BCUT2D eigenvalue weighted by molar-refractivity contribution is -0.0768. The van der Waals surface area contributed by atoms with Crippen LogP contribution in [-0.4, -0.2) is 65.6 Å². The maximum atomic E-state index is 13.9. The van der Waals surface area contributed by atoms with E-state index in [4.69, 9.17) is 19.2 Å². The summed E-state index contributed by atoms with van der Waals surface area (Å²) < 4.78 is 18.8. The van der Waals surface area contributed by atoms with Crippen LogP contribution in [0.5, 0.6) is 5.75 Å². The predicted molar refractivity (Wildman–Crippen MR) is 219 cm³/mol. The summed E-state index contributed by atoms with van der Waals surface area (Å²) in [5, 5.41) is 3.13. The molecule has 8 rings (SSSR count). The van der Waals surface area contributed by atoms with Crippen molar-refractivity contribution in [3.05, 3.63) is 149 Å². The SMILES string of the molecule is Cc1ccc(C(=O)Oc2cccc(C3CN(C(=O)c4ccc(C)s4)CC(Cc4ccc(C)c(-c5csc(C6CN(Cc7ccccc7)CCO6)n5)c4)O3)c2)s1. The van der Waals surface area contributed by atoms with E-state index < -0.39 is 6.10 Å². The average Bonchev–Trinajstić information content (AvgIpc) is 3.98. The van der Waals surface area contributed by atoms with Crippen LogP contribution < -0.4 is 4.74 Å². The number of morpholine rings is 2. The smallest absolute Gasteiger partial charge is 0.353 e. The van der Waals surface area contributed by atoms with Gasteiger partial charge in [0, 0.05) is 53.3 Å². The molecule has 3 unspecified atom stereocenters. The standard InChI is InChI=1S/C44H43N3O5S3/c1-28-12-15-32(21-36(28)37-27-53-42(45-37)39-25-46(18-19-50-39)23-31-8-5-4-6-9-31)20-35-24-47(43(48)40-16-13-29(2)54-40)26-38(51-35)33-10-7-11-34(22-33)52-44(49)41-17-14-30(3)55-41/h4-17,21-22,27,35,38-39H,18-20,23-26H2,1-3H3. The number of benzene rings is 3. The molecular weight excluding hydrogens is 747 g/mol. The highest BCUT2D eigenvalue weighted by Gasteiger charge is 2.33. The van der Waals surface area contributed by atoms with Gasteiger partial charge in [-0.05, 0) is 85.5 Å². The number of aromatic nitrogens is 1. The Morgan fingerprint density at radius 3 is 2.40 bits per heavy atom. The number of ether oxygens (including phenoxy) is 3. The maximum Gasteiger partial charge on any atom is 0.353 e. The fourth-order valence-corrected chi connectivity index (χ4v) is 9.65. The van der Waals surface area contributed by atoms with Crippen LogP contribution in [0.3, 0.4) is 0 Å². The van der Waals surface area contributed by atoms with Gasteiger partial charge in [0.15, 0.2) is 0 Å². The first kappa shape index (κ1) is 37.4. The molecule has 5 heterocycles. The molecule has 0 aliphatic carbocycles. The summed E-state index contributed by atoms with van der Waals surface area (Å²) in [5.74, 6) is 0.0551. The predicted octanol–water partition coefficient (Wildman–Crippen LogP) is 9.48. The summed E-state index contributed by atoms with van der Waals surface area (Å²) >= 11 is 4.57.